The maximum atomic E-state index is 10.9. The topological polar surface area (TPSA) is 64.4 Å². The highest BCUT2D eigenvalue weighted by atomic mass is 16.6. The molecule has 2 rings (SSSR count). The molecule has 0 bridgehead atoms. The number of rotatable bonds is 8. The van der Waals surface area contributed by atoms with Crippen LogP contribution in [0.4, 0.5) is 11.4 Å². The molecule has 0 atom stereocenters. The summed E-state index contributed by atoms with van der Waals surface area (Å²) < 4.78 is 5.61. The summed E-state index contributed by atoms with van der Waals surface area (Å²) in [6.45, 7) is 4.08. The van der Waals surface area contributed by atoms with Gasteiger partial charge in [0.05, 0.1) is 11.5 Å². The first kappa shape index (κ1) is 13.8. The van der Waals surface area contributed by atoms with Crippen molar-refractivity contribution in [2.75, 3.05) is 18.5 Å². The lowest BCUT2D eigenvalue weighted by Crippen LogP contribution is -2.04. The van der Waals surface area contributed by atoms with E-state index in [1.54, 1.807) is 12.1 Å². The van der Waals surface area contributed by atoms with Gasteiger partial charge in [-0.2, -0.15) is 0 Å². The van der Waals surface area contributed by atoms with E-state index >= 15 is 0 Å². The first-order valence-electron chi connectivity index (χ1n) is 6.79. The minimum absolute atomic E-state index is 0.124. The number of ether oxygens (including phenoxy) is 1. The van der Waals surface area contributed by atoms with Crippen LogP contribution in [-0.2, 0) is 11.3 Å². The largest absolute Gasteiger partial charge is 0.379 e. The zero-order chi connectivity index (χ0) is 13.7. The van der Waals surface area contributed by atoms with E-state index in [2.05, 4.69) is 5.32 Å². The van der Waals surface area contributed by atoms with Crippen LogP contribution < -0.4 is 5.32 Å². The summed E-state index contributed by atoms with van der Waals surface area (Å²) in [5.74, 6) is 0.732. The number of benzene rings is 1. The molecule has 1 fully saturated rings. The molecule has 104 valence electrons. The Hall–Kier alpha value is -1.62. The van der Waals surface area contributed by atoms with E-state index in [0.29, 0.717) is 12.3 Å². The second kappa shape index (κ2) is 6.52. The molecule has 0 heterocycles. The van der Waals surface area contributed by atoms with Crippen LogP contribution in [0, 0.1) is 16.0 Å². The summed E-state index contributed by atoms with van der Waals surface area (Å²) in [7, 11) is 0. The van der Waals surface area contributed by atoms with E-state index < -0.39 is 0 Å². The number of hydrogen-bond donors (Lipinski definition) is 1. The van der Waals surface area contributed by atoms with Crippen LogP contribution in [0.2, 0.25) is 0 Å². The molecule has 0 radical (unpaired) electrons. The highest BCUT2D eigenvalue weighted by Gasteiger charge is 2.21. The van der Waals surface area contributed by atoms with Gasteiger partial charge in [-0.3, -0.25) is 10.1 Å². The van der Waals surface area contributed by atoms with Crippen molar-refractivity contribution in [3.05, 3.63) is 33.9 Å². The predicted molar refractivity (Wildman–Crippen MR) is 74.3 cm³/mol. The van der Waals surface area contributed by atoms with E-state index in [4.69, 9.17) is 4.74 Å². The van der Waals surface area contributed by atoms with Gasteiger partial charge in [0, 0.05) is 19.2 Å². The minimum atomic E-state index is -0.354. The van der Waals surface area contributed by atoms with Gasteiger partial charge in [-0.15, -0.1) is 0 Å². The molecule has 1 aromatic rings. The molecule has 5 nitrogen and oxygen atoms in total. The normalized spacial score (nSPS) is 14.4. The monoisotopic (exact) mass is 264 g/mol. The number of hydrogen-bond acceptors (Lipinski definition) is 4. The van der Waals surface area contributed by atoms with Crippen molar-refractivity contribution in [2.45, 2.75) is 32.8 Å². The molecule has 1 aromatic carbocycles. The van der Waals surface area contributed by atoms with Crippen molar-refractivity contribution in [1.82, 2.24) is 0 Å². The predicted octanol–water partition coefficient (Wildman–Crippen LogP) is 3.34. The smallest absolute Gasteiger partial charge is 0.292 e. The van der Waals surface area contributed by atoms with Crippen molar-refractivity contribution < 1.29 is 9.66 Å². The van der Waals surface area contributed by atoms with Crippen LogP contribution in [0.3, 0.4) is 0 Å². The Balaban J connectivity index is 2.00. The first-order chi connectivity index (χ1) is 9.20. The molecule has 1 N–H and O–H groups in total. The van der Waals surface area contributed by atoms with Gasteiger partial charge in [-0.25, -0.2) is 0 Å². The molecule has 0 spiro atoms. The number of anilines is 1. The summed E-state index contributed by atoms with van der Waals surface area (Å²) in [5, 5.41) is 14.0. The van der Waals surface area contributed by atoms with Crippen LogP contribution in [-0.4, -0.2) is 18.1 Å². The van der Waals surface area contributed by atoms with E-state index in [1.165, 1.54) is 12.8 Å². The fourth-order valence-electron chi connectivity index (χ4n) is 1.86. The molecular formula is C14H20N2O3. The van der Waals surface area contributed by atoms with Gasteiger partial charge < -0.3 is 10.1 Å². The maximum absolute atomic E-state index is 10.9. The number of nitro benzene ring substituents is 1. The third kappa shape index (κ3) is 4.21. The van der Waals surface area contributed by atoms with Gasteiger partial charge >= 0.3 is 0 Å². The molecule has 19 heavy (non-hydrogen) atoms. The average molecular weight is 264 g/mol. The highest BCUT2D eigenvalue weighted by Crippen LogP contribution is 2.30. The van der Waals surface area contributed by atoms with Gasteiger partial charge in [0.1, 0.15) is 5.69 Å². The van der Waals surface area contributed by atoms with Crippen molar-refractivity contribution in [2.24, 2.45) is 5.92 Å². The standard InChI is InChI=1S/C14H20N2O3/c1-2-7-15-13-8-12(5-6-14(13)16(17)18)10-19-9-11-3-4-11/h5-6,8,11,15H,2-4,7,9-10H2,1H3. The second-order valence-corrected chi connectivity index (χ2v) is 4.99. The maximum Gasteiger partial charge on any atom is 0.292 e. The van der Waals surface area contributed by atoms with Crippen LogP contribution in [0.1, 0.15) is 31.7 Å². The van der Waals surface area contributed by atoms with Crippen molar-refractivity contribution in [3.8, 4) is 0 Å². The summed E-state index contributed by atoms with van der Waals surface area (Å²) in [5.41, 5.74) is 1.68. The quantitative estimate of drug-likeness (QED) is 0.577. The molecule has 1 saturated carbocycles. The van der Waals surface area contributed by atoms with Gasteiger partial charge in [-0.1, -0.05) is 6.92 Å². The fraction of sp³-hybridized carbons (Fsp3) is 0.571. The average Bonchev–Trinajstić information content (AvgIpc) is 3.20. The summed E-state index contributed by atoms with van der Waals surface area (Å²) in [4.78, 5) is 10.6. The molecule has 0 saturated heterocycles. The third-order valence-corrected chi connectivity index (χ3v) is 3.14. The zero-order valence-corrected chi connectivity index (χ0v) is 11.2. The van der Waals surface area contributed by atoms with Crippen LogP contribution in [0.5, 0.6) is 0 Å². The molecule has 1 aliphatic rings. The molecule has 0 aliphatic heterocycles. The van der Waals surface area contributed by atoms with Crippen LogP contribution >= 0.6 is 0 Å². The van der Waals surface area contributed by atoms with Gasteiger partial charge in [-0.05, 0) is 42.9 Å². The van der Waals surface area contributed by atoms with E-state index in [0.717, 1.165) is 31.1 Å². The number of nitrogens with zero attached hydrogens (tertiary/aromatic N) is 1. The first-order valence-corrected chi connectivity index (χ1v) is 6.79. The van der Waals surface area contributed by atoms with Gasteiger partial charge in [0.25, 0.3) is 5.69 Å². The lowest BCUT2D eigenvalue weighted by molar-refractivity contribution is -0.384. The Morgan fingerprint density at radius 1 is 1.47 bits per heavy atom. The second-order valence-electron chi connectivity index (χ2n) is 4.99. The molecule has 0 aromatic heterocycles. The third-order valence-electron chi connectivity index (χ3n) is 3.14. The van der Waals surface area contributed by atoms with Gasteiger partial charge in [0.2, 0.25) is 0 Å². The Bertz CT molecular complexity index is 444. The summed E-state index contributed by atoms with van der Waals surface area (Å²) in [6.07, 6.45) is 3.46. The van der Waals surface area contributed by atoms with E-state index in [1.807, 2.05) is 13.0 Å². The van der Waals surface area contributed by atoms with Gasteiger partial charge in [0.15, 0.2) is 0 Å². The molecule has 5 heteroatoms. The molecule has 1 aliphatic carbocycles. The molecule has 0 amide bonds. The molecular weight excluding hydrogens is 244 g/mol. The Labute approximate surface area is 113 Å². The van der Waals surface area contributed by atoms with E-state index in [-0.39, 0.29) is 10.6 Å². The number of nitrogens with one attached hydrogen (secondary N) is 1. The SMILES string of the molecule is CCCNc1cc(COCC2CC2)ccc1[N+](=O)[O-]. The molecule has 0 unspecified atom stereocenters. The summed E-state index contributed by atoms with van der Waals surface area (Å²) >= 11 is 0. The Morgan fingerprint density at radius 2 is 2.26 bits per heavy atom. The fourth-order valence-corrected chi connectivity index (χ4v) is 1.86. The number of nitro groups is 1. The summed E-state index contributed by atoms with van der Waals surface area (Å²) in [6, 6.07) is 5.14. The lowest BCUT2D eigenvalue weighted by atomic mass is 10.1. The Kier molecular flexibility index (Phi) is 4.74. The van der Waals surface area contributed by atoms with E-state index in [9.17, 15) is 10.1 Å². The lowest BCUT2D eigenvalue weighted by Gasteiger charge is -2.09. The van der Waals surface area contributed by atoms with Crippen molar-refractivity contribution in [1.29, 1.82) is 0 Å². The highest BCUT2D eigenvalue weighted by molar-refractivity contribution is 5.62. The van der Waals surface area contributed by atoms with Crippen molar-refractivity contribution >= 4 is 11.4 Å². The minimum Gasteiger partial charge on any atom is -0.379 e. The van der Waals surface area contributed by atoms with Crippen LogP contribution in [0.15, 0.2) is 18.2 Å². The Morgan fingerprint density at radius 3 is 2.89 bits per heavy atom. The van der Waals surface area contributed by atoms with Crippen molar-refractivity contribution in [3.63, 3.8) is 0 Å². The van der Waals surface area contributed by atoms with Crippen LogP contribution in [0.25, 0.3) is 0 Å². The zero-order valence-electron chi connectivity index (χ0n) is 11.2.